The van der Waals surface area contributed by atoms with Crippen LogP contribution in [-0.2, 0) is 9.53 Å². The molecule has 1 fully saturated rings. The number of phenolic OH excluding ortho intramolecular Hbond substituents is 1. The van der Waals surface area contributed by atoms with Crippen LogP contribution in [-0.4, -0.2) is 28.4 Å². The number of esters is 1. The number of nitrogens with zero attached hydrogens (tertiary/aromatic N) is 1. The summed E-state index contributed by atoms with van der Waals surface area (Å²) in [6.45, 7) is 0. The van der Waals surface area contributed by atoms with Crippen LogP contribution >= 0.6 is 24.0 Å². The number of aromatic hydroxyl groups is 1. The van der Waals surface area contributed by atoms with Crippen molar-refractivity contribution in [3.63, 3.8) is 0 Å². The van der Waals surface area contributed by atoms with Crippen molar-refractivity contribution in [1.29, 1.82) is 0 Å². The minimum Gasteiger partial charge on any atom is -0.508 e. The molecule has 25 heavy (non-hydrogen) atoms. The van der Waals surface area contributed by atoms with Crippen LogP contribution in [0.3, 0.4) is 0 Å². The second kappa shape index (κ2) is 7.08. The van der Waals surface area contributed by atoms with Gasteiger partial charge < -0.3 is 9.84 Å². The first-order chi connectivity index (χ1) is 12.0. The number of anilines is 1. The van der Waals surface area contributed by atoms with E-state index in [1.165, 1.54) is 12.0 Å². The van der Waals surface area contributed by atoms with Gasteiger partial charge >= 0.3 is 5.97 Å². The van der Waals surface area contributed by atoms with Crippen LogP contribution in [0.2, 0.25) is 0 Å². The Kier molecular flexibility index (Phi) is 4.87. The minimum absolute atomic E-state index is 0.150. The summed E-state index contributed by atoms with van der Waals surface area (Å²) in [6, 6.07) is 13.1. The van der Waals surface area contributed by atoms with Gasteiger partial charge in [0.1, 0.15) is 5.75 Å². The van der Waals surface area contributed by atoms with Crippen LogP contribution in [0.25, 0.3) is 6.08 Å². The number of hydrogen-bond donors (Lipinski definition) is 1. The number of thioether (sulfide) groups is 1. The van der Waals surface area contributed by atoms with Crippen molar-refractivity contribution in [1.82, 2.24) is 0 Å². The molecular weight excluding hydrogens is 358 g/mol. The fraction of sp³-hybridized carbons (Fsp3) is 0.0556. The Morgan fingerprint density at radius 3 is 2.56 bits per heavy atom. The van der Waals surface area contributed by atoms with Gasteiger partial charge in [0.05, 0.1) is 23.3 Å². The Hall–Kier alpha value is -2.64. The number of hydrogen-bond acceptors (Lipinski definition) is 6. The lowest BCUT2D eigenvalue weighted by Gasteiger charge is -2.17. The third-order valence-electron chi connectivity index (χ3n) is 3.53. The topological polar surface area (TPSA) is 66.8 Å². The van der Waals surface area contributed by atoms with Crippen molar-refractivity contribution in [3.05, 3.63) is 64.6 Å². The Morgan fingerprint density at radius 1 is 1.20 bits per heavy atom. The largest absolute Gasteiger partial charge is 0.508 e. The quantitative estimate of drug-likeness (QED) is 0.505. The lowest BCUT2D eigenvalue weighted by molar-refractivity contribution is -0.113. The second-order valence-corrected chi connectivity index (χ2v) is 6.79. The normalized spacial score (nSPS) is 15.7. The van der Waals surface area contributed by atoms with Crippen molar-refractivity contribution >= 4 is 51.9 Å². The first-order valence-electron chi connectivity index (χ1n) is 7.25. The Morgan fingerprint density at radius 2 is 1.88 bits per heavy atom. The average molecular weight is 371 g/mol. The molecule has 0 saturated carbocycles. The zero-order valence-electron chi connectivity index (χ0n) is 13.1. The molecule has 1 amide bonds. The van der Waals surface area contributed by atoms with Crippen molar-refractivity contribution < 1.29 is 19.4 Å². The average Bonchev–Trinajstić information content (AvgIpc) is 2.89. The van der Waals surface area contributed by atoms with E-state index in [0.717, 1.165) is 17.3 Å². The minimum atomic E-state index is -0.535. The van der Waals surface area contributed by atoms with Gasteiger partial charge in [0.25, 0.3) is 5.91 Å². The lowest BCUT2D eigenvalue weighted by Crippen LogP contribution is -2.29. The standard InChI is InChI=1S/C18H13NO4S2/c1-23-17(22)13-4-2-3-5-14(13)19-16(21)15(25-18(19)24)10-11-6-8-12(20)9-7-11/h2-10,20H,1H3/b15-10-. The summed E-state index contributed by atoms with van der Waals surface area (Å²) in [5, 5.41) is 9.34. The maximum Gasteiger partial charge on any atom is 0.339 e. The number of carbonyl (C=O) groups excluding carboxylic acids is 2. The molecule has 0 bridgehead atoms. The van der Waals surface area contributed by atoms with E-state index in [9.17, 15) is 14.7 Å². The van der Waals surface area contributed by atoms with Crippen LogP contribution in [0.15, 0.2) is 53.4 Å². The summed E-state index contributed by atoms with van der Waals surface area (Å²) in [6.07, 6.45) is 1.69. The molecule has 0 aromatic heterocycles. The molecule has 0 radical (unpaired) electrons. The fourth-order valence-electron chi connectivity index (χ4n) is 2.35. The molecule has 0 spiro atoms. The van der Waals surface area contributed by atoms with E-state index in [4.69, 9.17) is 17.0 Å². The summed E-state index contributed by atoms with van der Waals surface area (Å²) in [5.41, 5.74) is 1.43. The Bertz CT molecular complexity index is 890. The lowest BCUT2D eigenvalue weighted by atomic mass is 10.1. The number of carbonyl (C=O) groups is 2. The van der Waals surface area contributed by atoms with Crippen LogP contribution in [0, 0.1) is 0 Å². The van der Waals surface area contributed by atoms with E-state index in [1.807, 2.05) is 0 Å². The fourth-order valence-corrected chi connectivity index (χ4v) is 3.63. The molecule has 0 atom stereocenters. The monoisotopic (exact) mass is 371 g/mol. The SMILES string of the molecule is COC(=O)c1ccccc1N1C(=O)/C(=C/c2ccc(O)cc2)SC1=S. The van der Waals surface area contributed by atoms with Gasteiger partial charge in [0.15, 0.2) is 4.32 Å². The van der Waals surface area contributed by atoms with E-state index in [-0.39, 0.29) is 17.2 Å². The summed E-state index contributed by atoms with van der Waals surface area (Å²) in [7, 11) is 1.29. The van der Waals surface area contributed by atoms with Crippen molar-refractivity contribution in [2.24, 2.45) is 0 Å². The summed E-state index contributed by atoms with van der Waals surface area (Å²) in [5.74, 6) is -0.691. The van der Waals surface area contributed by atoms with Gasteiger partial charge in [-0.05, 0) is 35.9 Å². The van der Waals surface area contributed by atoms with Gasteiger partial charge in [-0.1, -0.05) is 48.2 Å². The van der Waals surface area contributed by atoms with E-state index in [0.29, 0.717) is 14.9 Å². The predicted octanol–water partition coefficient (Wildman–Crippen LogP) is 3.58. The van der Waals surface area contributed by atoms with Gasteiger partial charge in [-0.2, -0.15) is 0 Å². The number of para-hydroxylation sites is 1. The van der Waals surface area contributed by atoms with E-state index in [1.54, 1.807) is 54.6 Å². The highest BCUT2D eigenvalue weighted by Crippen LogP contribution is 2.37. The molecule has 1 aliphatic heterocycles. The van der Waals surface area contributed by atoms with Crippen LogP contribution in [0.1, 0.15) is 15.9 Å². The molecule has 7 heteroatoms. The number of phenols is 1. The van der Waals surface area contributed by atoms with Crippen LogP contribution in [0.4, 0.5) is 5.69 Å². The molecular formula is C18H13NO4S2. The summed E-state index contributed by atoms with van der Waals surface area (Å²) in [4.78, 5) is 26.5. The first kappa shape index (κ1) is 17.2. The maximum absolute atomic E-state index is 12.8. The van der Waals surface area contributed by atoms with Gasteiger partial charge in [-0.25, -0.2) is 4.79 Å². The molecule has 126 valence electrons. The van der Waals surface area contributed by atoms with Gasteiger partial charge in [-0.3, -0.25) is 9.69 Å². The van der Waals surface area contributed by atoms with Crippen molar-refractivity contribution in [3.8, 4) is 5.75 Å². The highest BCUT2D eigenvalue weighted by Gasteiger charge is 2.35. The van der Waals surface area contributed by atoms with E-state index < -0.39 is 5.97 Å². The second-order valence-electron chi connectivity index (χ2n) is 5.12. The first-order valence-corrected chi connectivity index (χ1v) is 8.48. The Labute approximate surface area is 153 Å². The van der Waals surface area contributed by atoms with Crippen LogP contribution in [0.5, 0.6) is 5.75 Å². The highest BCUT2D eigenvalue weighted by atomic mass is 32.2. The summed E-state index contributed by atoms with van der Waals surface area (Å²) < 4.78 is 5.11. The number of benzene rings is 2. The predicted molar refractivity (Wildman–Crippen MR) is 102 cm³/mol. The molecule has 1 N–H and O–H groups in total. The maximum atomic E-state index is 12.8. The van der Waals surface area contributed by atoms with Crippen molar-refractivity contribution in [2.45, 2.75) is 0 Å². The molecule has 0 unspecified atom stereocenters. The van der Waals surface area contributed by atoms with Gasteiger partial charge in [0.2, 0.25) is 0 Å². The number of thiocarbonyl (C=S) groups is 1. The van der Waals surface area contributed by atoms with Crippen LogP contribution < -0.4 is 4.90 Å². The molecule has 0 aliphatic carbocycles. The van der Waals surface area contributed by atoms with Gasteiger partial charge in [-0.15, -0.1) is 0 Å². The van der Waals surface area contributed by atoms with E-state index in [2.05, 4.69) is 0 Å². The molecule has 1 aliphatic rings. The number of ether oxygens (including phenoxy) is 1. The number of rotatable bonds is 3. The molecule has 1 saturated heterocycles. The van der Waals surface area contributed by atoms with E-state index >= 15 is 0 Å². The van der Waals surface area contributed by atoms with Crippen molar-refractivity contribution in [2.75, 3.05) is 12.0 Å². The zero-order chi connectivity index (χ0) is 18.0. The summed E-state index contributed by atoms with van der Waals surface area (Å²) >= 11 is 6.49. The number of methoxy groups -OCH3 is 1. The molecule has 2 aromatic rings. The number of amides is 1. The smallest absolute Gasteiger partial charge is 0.339 e. The third-order valence-corrected chi connectivity index (χ3v) is 4.84. The zero-order valence-corrected chi connectivity index (χ0v) is 14.8. The highest BCUT2D eigenvalue weighted by molar-refractivity contribution is 8.27. The van der Waals surface area contributed by atoms with Gasteiger partial charge in [0, 0.05) is 0 Å². The molecule has 5 nitrogen and oxygen atoms in total. The molecule has 2 aromatic carbocycles. The third kappa shape index (κ3) is 3.42. The molecule has 3 rings (SSSR count). The molecule has 1 heterocycles. The Balaban J connectivity index is 1.98.